The number of nitrogens with zero attached hydrogens (tertiary/aromatic N) is 3. The van der Waals surface area contributed by atoms with Crippen LogP contribution in [0.15, 0.2) is 23.2 Å². The second kappa shape index (κ2) is 8.66. The van der Waals surface area contributed by atoms with Crippen molar-refractivity contribution in [1.29, 1.82) is 0 Å². The fraction of sp³-hybridized carbons (Fsp3) is 0.400. The minimum atomic E-state index is -1.34. The minimum Gasteiger partial charge on any atom is -0.497 e. The van der Waals surface area contributed by atoms with Crippen molar-refractivity contribution in [3.63, 3.8) is 0 Å². The predicted molar refractivity (Wildman–Crippen MR) is 96.6 cm³/mol. The molecule has 0 fully saturated rings. The molecule has 1 aromatic carbocycles. The number of amides is 1. The highest BCUT2D eigenvalue weighted by molar-refractivity contribution is 8.15. The second-order valence-electron chi connectivity index (χ2n) is 5.95. The smallest absolute Gasteiger partial charge is 0.352 e. The highest BCUT2D eigenvalue weighted by Crippen LogP contribution is 2.27. The van der Waals surface area contributed by atoms with Gasteiger partial charge in [0.1, 0.15) is 16.5 Å². The molecule has 0 aliphatic carbocycles. The van der Waals surface area contributed by atoms with Gasteiger partial charge in [0, 0.05) is 11.6 Å². The lowest BCUT2D eigenvalue weighted by Gasteiger charge is -2.16. The Bertz CT molecular complexity index is 628. The Morgan fingerprint density at radius 3 is 2.26 bits per heavy atom. The quantitative estimate of drug-likeness (QED) is 0.259. The fourth-order valence-corrected chi connectivity index (χ4v) is 4.29. The number of rotatable bonds is 6. The Balaban J connectivity index is 3.27. The molecule has 0 N–H and O–H groups in total. The molecule has 23 heavy (non-hydrogen) atoms. The van der Waals surface area contributed by atoms with Gasteiger partial charge in [0.25, 0.3) is 0 Å². The third-order valence-corrected chi connectivity index (χ3v) is 7.26. The van der Waals surface area contributed by atoms with Gasteiger partial charge in [-0.25, -0.2) is 0 Å². The average molecular weight is 352 g/mol. The molecule has 0 aliphatic rings. The van der Waals surface area contributed by atoms with Crippen LogP contribution in [-0.4, -0.2) is 49.6 Å². The van der Waals surface area contributed by atoms with Gasteiger partial charge < -0.3 is 15.0 Å². The van der Waals surface area contributed by atoms with E-state index in [0.717, 1.165) is 17.2 Å². The van der Waals surface area contributed by atoms with Gasteiger partial charge in [0.2, 0.25) is 0 Å². The summed E-state index contributed by atoms with van der Waals surface area (Å²) in [6, 6.07) is 5.34. The molecule has 0 aromatic heterocycles. The van der Waals surface area contributed by atoms with Crippen LogP contribution in [0.25, 0.3) is 5.53 Å². The van der Waals surface area contributed by atoms with E-state index < -0.39 is 14.0 Å². The molecular weight excluding hydrogens is 330 g/mol. The van der Waals surface area contributed by atoms with E-state index in [9.17, 15) is 4.79 Å². The third kappa shape index (κ3) is 6.81. The van der Waals surface area contributed by atoms with Gasteiger partial charge >= 0.3 is 12.1 Å². The SMILES string of the molecule is COc1cc(OC)cc(C(=NC(=O)C=[N+]=[N-])SC[Si](C)(C)C)c1. The van der Waals surface area contributed by atoms with Crippen LogP contribution in [-0.2, 0) is 4.79 Å². The van der Waals surface area contributed by atoms with E-state index in [1.54, 1.807) is 32.4 Å². The monoisotopic (exact) mass is 351 g/mol. The average Bonchev–Trinajstić information content (AvgIpc) is 2.50. The molecule has 1 aromatic rings. The number of carbonyl (C=O) groups excluding carboxylic acids is 1. The van der Waals surface area contributed by atoms with Crippen LogP contribution < -0.4 is 9.47 Å². The molecule has 1 amide bonds. The number of methoxy groups -OCH3 is 2. The molecule has 124 valence electrons. The first-order chi connectivity index (χ1) is 10.8. The number of benzene rings is 1. The maximum absolute atomic E-state index is 11.7. The van der Waals surface area contributed by atoms with E-state index >= 15 is 0 Å². The van der Waals surface area contributed by atoms with Gasteiger partial charge in [-0.3, -0.25) is 4.79 Å². The van der Waals surface area contributed by atoms with E-state index in [0.29, 0.717) is 16.5 Å². The number of hydrogen-bond donors (Lipinski definition) is 0. The van der Waals surface area contributed by atoms with E-state index in [1.807, 2.05) is 0 Å². The first-order valence-corrected chi connectivity index (χ1v) is 11.6. The van der Waals surface area contributed by atoms with Crippen LogP contribution in [0, 0.1) is 0 Å². The fourth-order valence-electron chi connectivity index (χ4n) is 1.57. The van der Waals surface area contributed by atoms with Gasteiger partial charge in [0.05, 0.1) is 22.3 Å². The zero-order chi connectivity index (χ0) is 17.5. The summed E-state index contributed by atoms with van der Waals surface area (Å²) in [4.78, 5) is 18.5. The summed E-state index contributed by atoms with van der Waals surface area (Å²) in [7, 11) is 1.79. The second-order valence-corrected chi connectivity index (χ2v) is 12.9. The van der Waals surface area contributed by atoms with Gasteiger partial charge in [0.15, 0.2) is 0 Å². The molecule has 8 heteroatoms. The lowest BCUT2D eigenvalue weighted by Crippen LogP contribution is -2.25. The van der Waals surface area contributed by atoms with Crippen LogP contribution in [0.2, 0.25) is 19.6 Å². The molecule has 0 bridgehead atoms. The Labute approximate surface area is 141 Å². The zero-order valence-electron chi connectivity index (χ0n) is 14.0. The van der Waals surface area contributed by atoms with Crippen molar-refractivity contribution >= 4 is 37.0 Å². The Morgan fingerprint density at radius 2 is 1.83 bits per heavy atom. The number of thioether (sulfide) groups is 1. The number of aliphatic imine (C=N–C) groups is 1. The first-order valence-electron chi connectivity index (χ1n) is 6.95. The van der Waals surface area contributed by atoms with E-state index in [4.69, 9.17) is 15.0 Å². The normalized spacial score (nSPS) is 11.6. The van der Waals surface area contributed by atoms with Crippen LogP contribution in [0.1, 0.15) is 5.56 Å². The highest BCUT2D eigenvalue weighted by Gasteiger charge is 2.18. The Morgan fingerprint density at radius 1 is 1.26 bits per heavy atom. The van der Waals surface area contributed by atoms with Crippen molar-refractivity contribution in [2.45, 2.75) is 19.6 Å². The number of hydrogen-bond acceptors (Lipinski definition) is 4. The van der Waals surface area contributed by atoms with E-state index in [-0.39, 0.29) is 0 Å². The van der Waals surface area contributed by atoms with Gasteiger partial charge in [-0.15, -0.1) is 11.8 Å². The number of ether oxygens (including phenoxy) is 2. The van der Waals surface area contributed by atoms with Crippen molar-refractivity contribution in [3.05, 3.63) is 29.3 Å². The van der Waals surface area contributed by atoms with Crippen molar-refractivity contribution in [2.75, 3.05) is 19.6 Å². The molecule has 0 saturated carbocycles. The molecular formula is C15H21N3O3SSi. The van der Waals surface area contributed by atoms with Crippen molar-refractivity contribution in [2.24, 2.45) is 4.99 Å². The third-order valence-electron chi connectivity index (χ3n) is 2.62. The van der Waals surface area contributed by atoms with E-state index in [1.165, 1.54) is 11.8 Å². The molecule has 0 unspecified atom stereocenters. The molecule has 0 saturated heterocycles. The summed E-state index contributed by atoms with van der Waals surface area (Å²) in [5, 5.41) is 1.45. The predicted octanol–water partition coefficient (Wildman–Crippen LogP) is 2.89. The maximum Gasteiger partial charge on any atom is 0.352 e. The molecule has 0 heterocycles. The maximum atomic E-state index is 11.7. The minimum absolute atomic E-state index is 0.550. The van der Waals surface area contributed by atoms with Gasteiger partial charge in [-0.2, -0.15) is 9.78 Å². The molecule has 6 nitrogen and oxygen atoms in total. The van der Waals surface area contributed by atoms with Gasteiger partial charge in [-0.05, 0) is 17.5 Å². The molecule has 0 spiro atoms. The summed E-state index contributed by atoms with van der Waals surface area (Å²) in [6.45, 7) is 6.71. The van der Waals surface area contributed by atoms with Crippen molar-refractivity contribution in [3.8, 4) is 11.5 Å². The molecule has 1 rings (SSSR count). The van der Waals surface area contributed by atoms with Crippen molar-refractivity contribution < 1.29 is 19.1 Å². The molecule has 0 aliphatic heterocycles. The van der Waals surface area contributed by atoms with Crippen LogP contribution in [0.3, 0.4) is 0 Å². The summed E-state index contributed by atoms with van der Waals surface area (Å²) >= 11 is 1.51. The van der Waals surface area contributed by atoms with Gasteiger partial charge in [-0.1, -0.05) is 19.6 Å². The van der Waals surface area contributed by atoms with Crippen LogP contribution in [0.4, 0.5) is 0 Å². The molecule has 0 radical (unpaired) electrons. The van der Waals surface area contributed by atoms with E-state index in [2.05, 4.69) is 29.4 Å². The van der Waals surface area contributed by atoms with Crippen LogP contribution in [0.5, 0.6) is 11.5 Å². The Hall–Kier alpha value is -1.89. The standard InChI is InChI=1S/C15H21N3O3SSi/c1-20-12-6-11(7-13(8-12)21-2)15(18-14(19)9-17-16)22-10-23(3,4)5/h6-9H,10H2,1-5H3. The van der Waals surface area contributed by atoms with Crippen LogP contribution >= 0.6 is 11.8 Å². The first kappa shape index (κ1) is 19.2. The molecule has 0 atom stereocenters. The summed E-state index contributed by atoms with van der Waals surface area (Å²) < 4.78 is 10.5. The van der Waals surface area contributed by atoms with Crippen molar-refractivity contribution in [1.82, 2.24) is 0 Å². The lowest BCUT2D eigenvalue weighted by molar-refractivity contribution is -0.114. The summed E-state index contributed by atoms with van der Waals surface area (Å²) in [5.41, 5.74) is 9.21. The Kier molecular flexibility index (Phi) is 7.22. The lowest BCUT2D eigenvalue weighted by atomic mass is 10.2. The topological polar surface area (TPSA) is 84.3 Å². The summed E-state index contributed by atoms with van der Waals surface area (Å²) in [5.74, 6) is 0.611. The number of carbonyl (C=O) groups is 1. The highest BCUT2D eigenvalue weighted by atomic mass is 32.2. The zero-order valence-corrected chi connectivity index (χ0v) is 15.8. The largest absolute Gasteiger partial charge is 0.497 e. The summed E-state index contributed by atoms with van der Waals surface area (Å²) in [6.07, 6.45) is 0.770.